The number of ether oxygens (including phenoxy) is 1. The Labute approximate surface area is 198 Å². The Morgan fingerprint density at radius 1 is 0.939 bits per heavy atom. The predicted molar refractivity (Wildman–Crippen MR) is 133 cm³/mol. The summed E-state index contributed by atoms with van der Waals surface area (Å²) >= 11 is 0. The number of fused-ring (bicyclic) bond motifs is 1. The number of hydrogen-bond donors (Lipinski definition) is 2. The lowest BCUT2D eigenvalue weighted by atomic mass is 9.86. The van der Waals surface area contributed by atoms with Gasteiger partial charge < -0.3 is 24.8 Å². The topological polar surface area (TPSA) is 60.6 Å². The first-order valence-electron chi connectivity index (χ1n) is 13.2. The van der Waals surface area contributed by atoms with Gasteiger partial charge in [0.25, 0.3) is 5.91 Å². The summed E-state index contributed by atoms with van der Waals surface area (Å²) in [6.07, 6.45) is 11.4. The van der Waals surface area contributed by atoms with Crippen LogP contribution in [0.3, 0.4) is 0 Å². The number of rotatable bonds is 8. The average Bonchev–Trinajstić information content (AvgIpc) is 3.08. The van der Waals surface area contributed by atoms with E-state index in [1.54, 1.807) is 0 Å². The van der Waals surface area contributed by atoms with Crippen molar-refractivity contribution in [3.8, 4) is 5.75 Å². The summed E-state index contributed by atoms with van der Waals surface area (Å²) in [7, 11) is 0. The third kappa shape index (κ3) is 5.90. The van der Waals surface area contributed by atoms with Crippen LogP contribution >= 0.6 is 0 Å². The van der Waals surface area contributed by atoms with Crippen LogP contribution in [0, 0.1) is 5.92 Å². The Morgan fingerprint density at radius 2 is 1.67 bits per heavy atom. The van der Waals surface area contributed by atoms with Crippen molar-refractivity contribution in [1.29, 1.82) is 0 Å². The molecule has 1 aromatic heterocycles. The highest BCUT2D eigenvalue weighted by Crippen LogP contribution is 2.30. The predicted octanol–water partition coefficient (Wildman–Crippen LogP) is 4.42. The molecule has 1 aliphatic carbocycles. The van der Waals surface area contributed by atoms with Crippen LogP contribution in [0.2, 0.25) is 0 Å². The molecule has 0 unspecified atom stereocenters. The molecule has 2 aromatic rings. The van der Waals surface area contributed by atoms with E-state index in [1.165, 1.54) is 64.6 Å². The van der Waals surface area contributed by atoms with E-state index in [4.69, 9.17) is 4.74 Å². The van der Waals surface area contributed by atoms with Gasteiger partial charge in [-0.05, 0) is 75.7 Å². The first kappa shape index (κ1) is 22.7. The van der Waals surface area contributed by atoms with E-state index >= 15 is 0 Å². The van der Waals surface area contributed by atoms with Crippen molar-refractivity contribution in [2.75, 3.05) is 45.9 Å². The van der Waals surface area contributed by atoms with Gasteiger partial charge in [0.05, 0.1) is 6.61 Å². The zero-order chi connectivity index (χ0) is 22.5. The molecular formula is C27H40N4O2. The van der Waals surface area contributed by atoms with Gasteiger partial charge in [0, 0.05) is 43.1 Å². The Kier molecular flexibility index (Phi) is 7.52. The van der Waals surface area contributed by atoms with Gasteiger partial charge in [0.1, 0.15) is 11.4 Å². The second-order valence-electron chi connectivity index (χ2n) is 10.4. The number of likely N-dealkylation sites (tertiary alicyclic amines) is 2. The van der Waals surface area contributed by atoms with Crippen LogP contribution in [0.15, 0.2) is 24.3 Å². The number of carbonyl (C=O) groups is 1. The lowest BCUT2D eigenvalue weighted by Crippen LogP contribution is -2.46. The number of nitrogens with zero attached hydrogens (tertiary/aromatic N) is 2. The molecule has 3 aliphatic rings. The molecule has 0 atom stereocenters. The SMILES string of the molecule is O=C(NC1CCN(CCN2CCCCCC2)CC1)c1cc2c(OCC3CCC3)cccc2[nH]1. The van der Waals surface area contributed by atoms with Crippen molar-refractivity contribution >= 4 is 16.8 Å². The summed E-state index contributed by atoms with van der Waals surface area (Å²) < 4.78 is 6.09. The largest absolute Gasteiger partial charge is 0.493 e. The van der Waals surface area contributed by atoms with Gasteiger partial charge in [-0.3, -0.25) is 4.79 Å². The van der Waals surface area contributed by atoms with Gasteiger partial charge in [-0.25, -0.2) is 0 Å². The third-order valence-corrected chi connectivity index (χ3v) is 7.92. The fraction of sp³-hybridized carbons (Fsp3) is 0.667. The van der Waals surface area contributed by atoms with Gasteiger partial charge in [0.2, 0.25) is 0 Å². The molecule has 3 fully saturated rings. The lowest BCUT2D eigenvalue weighted by Gasteiger charge is -2.33. The number of benzene rings is 1. The molecule has 0 bridgehead atoms. The average molecular weight is 453 g/mol. The fourth-order valence-corrected chi connectivity index (χ4v) is 5.45. The molecular weight excluding hydrogens is 412 g/mol. The number of aromatic nitrogens is 1. The Balaban J connectivity index is 1.09. The quantitative estimate of drug-likeness (QED) is 0.623. The van der Waals surface area contributed by atoms with Crippen molar-refractivity contribution in [3.05, 3.63) is 30.0 Å². The molecule has 6 heteroatoms. The minimum Gasteiger partial charge on any atom is -0.493 e. The molecule has 33 heavy (non-hydrogen) atoms. The number of carbonyl (C=O) groups excluding carboxylic acids is 1. The fourth-order valence-electron chi connectivity index (χ4n) is 5.45. The van der Waals surface area contributed by atoms with Crippen molar-refractivity contribution in [1.82, 2.24) is 20.1 Å². The molecule has 1 aromatic carbocycles. The van der Waals surface area contributed by atoms with E-state index in [1.807, 2.05) is 24.3 Å². The van der Waals surface area contributed by atoms with E-state index in [0.29, 0.717) is 11.6 Å². The highest BCUT2D eigenvalue weighted by Gasteiger charge is 2.23. The zero-order valence-corrected chi connectivity index (χ0v) is 20.0. The Bertz CT molecular complexity index is 906. The van der Waals surface area contributed by atoms with Gasteiger partial charge in [0.15, 0.2) is 0 Å². The molecule has 1 amide bonds. The number of aromatic amines is 1. The van der Waals surface area contributed by atoms with E-state index in [0.717, 1.165) is 55.7 Å². The number of hydrogen-bond acceptors (Lipinski definition) is 4. The third-order valence-electron chi connectivity index (χ3n) is 7.92. The maximum atomic E-state index is 13.0. The van der Waals surface area contributed by atoms with Gasteiger partial charge in [-0.2, -0.15) is 0 Å². The molecule has 0 radical (unpaired) electrons. The maximum Gasteiger partial charge on any atom is 0.267 e. The van der Waals surface area contributed by atoms with Gasteiger partial charge in [-0.15, -0.1) is 0 Å². The highest BCUT2D eigenvalue weighted by molar-refractivity contribution is 5.99. The smallest absolute Gasteiger partial charge is 0.267 e. The van der Waals surface area contributed by atoms with E-state index in [2.05, 4.69) is 20.1 Å². The van der Waals surface area contributed by atoms with Crippen LogP contribution in [-0.4, -0.2) is 72.6 Å². The summed E-state index contributed by atoms with van der Waals surface area (Å²) in [6, 6.07) is 8.24. The molecule has 2 N–H and O–H groups in total. The summed E-state index contributed by atoms with van der Waals surface area (Å²) in [5.74, 6) is 1.57. The number of H-pyrrole nitrogens is 1. The van der Waals surface area contributed by atoms with Gasteiger partial charge in [-0.1, -0.05) is 25.3 Å². The van der Waals surface area contributed by atoms with Crippen molar-refractivity contribution in [2.24, 2.45) is 5.92 Å². The summed E-state index contributed by atoms with van der Waals surface area (Å²) in [5, 5.41) is 4.28. The molecule has 2 aliphatic heterocycles. The minimum atomic E-state index is -0.000778. The maximum absolute atomic E-state index is 13.0. The summed E-state index contributed by atoms with van der Waals surface area (Å²) in [5.41, 5.74) is 1.60. The number of piperidine rings is 1. The molecule has 0 spiro atoms. The van der Waals surface area contributed by atoms with Crippen LogP contribution in [-0.2, 0) is 0 Å². The first-order valence-corrected chi connectivity index (χ1v) is 13.2. The van der Waals surface area contributed by atoms with Crippen molar-refractivity contribution < 1.29 is 9.53 Å². The molecule has 2 saturated heterocycles. The van der Waals surface area contributed by atoms with Crippen LogP contribution in [0.4, 0.5) is 0 Å². The van der Waals surface area contributed by atoms with Crippen molar-refractivity contribution in [3.63, 3.8) is 0 Å². The monoisotopic (exact) mass is 452 g/mol. The van der Waals surface area contributed by atoms with Crippen molar-refractivity contribution in [2.45, 2.75) is 63.8 Å². The van der Waals surface area contributed by atoms with Gasteiger partial charge >= 0.3 is 0 Å². The summed E-state index contributed by atoms with van der Waals surface area (Å²) in [4.78, 5) is 21.5. The van der Waals surface area contributed by atoms with Crippen LogP contribution < -0.4 is 10.1 Å². The molecule has 6 nitrogen and oxygen atoms in total. The number of nitrogens with one attached hydrogen (secondary N) is 2. The second-order valence-corrected chi connectivity index (χ2v) is 10.4. The molecule has 180 valence electrons. The first-order chi connectivity index (χ1) is 16.2. The minimum absolute atomic E-state index is 0.000778. The van der Waals surface area contributed by atoms with Crippen LogP contribution in [0.25, 0.3) is 10.9 Å². The number of amides is 1. The normalized spacial score (nSPS) is 21.6. The summed E-state index contributed by atoms with van der Waals surface area (Å²) in [6.45, 7) is 7.82. The molecule has 1 saturated carbocycles. The van der Waals surface area contributed by atoms with E-state index in [9.17, 15) is 4.79 Å². The van der Waals surface area contributed by atoms with E-state index < -0.39 is 0 Å². The van der Waals surface area contributed by atoms with Crippen LogP contribution in [0.5, 0.6) is 5.75 Å². The van der Waals surface area contributed by atoms with Crippen LogP contribution in [0.1, 0.15) is 68.3 Å². The second kappa shape index (κ2) is 10.9. The standard InChI is InChI=1S/C27H40N4O2/c32-27(25-19-23-24(29-25)9-6-10-26(23)33-20-21-7-5-8-21)28-22-11-15-31(16-12-22)18-17-30-13-3-1-2-4-14-30/h6,9-10,19,21-22,29H,1-5,7-8,11-18,20H2,(H,28,32). The Hall–Kier alpha value is -2.05. The molecule has 3 heterocycles. The van der Waals surface area contributed by atoms with E-state index in [-0.39, 0.29) is 11.9 Å². The highest BCUT2D eigenvalue weighted by atomic mass is 16.5. The zero-order valence-electron chi connectivity index (χ0n) is 20.0. The lowest BCUT2D eigenvalue weighted by molar-refractivity contribution is 0.0902. The Morgan fingerprint density at radius 3 is 2.36 bits per heavy atom. The molecule has 5 rings (SSSR count).